The molecule has 0 aromatic heterocycles. The zero-order valence-corrected chi connectivity index (χ0v) is 10.2. The van der Waals surface area contributed by atoms with Crippen LogP contribution >= 0.6 is 0 Å². The lowest BCUT2D eigenvalue weighted by molar-refractivity contribution is -0.122. The van der Waals surface area contributed by atoms with Crippen LogP contribution in [0.1, 0.15) is 11.1 Å². The van der Waals surface area contributed by atoms with Crippen LogP contribution in [0.3, 0.4) is 0 Å². The van der Waals surface area contributed by atoms with Gasteiger partial charge in [-0.1, -0.05) is 29.4 Å². The van der Waals surface area contributed by atoms with E-state index < -0.39 is 18.8 Å². The van der Waals surface area contributed by atoms with E-state index in [2.05, 4.69) is 10.5 Å². The van der Waals surface area contributed by atoms with E-state index >= 15 is 0 Å². The minimum Gasteiger partial charge on any atom is -0.409 e. The first-order valence-electron chi connectivity index (χ1n) is 5.47. The summed E-state index contributed by atoms with van der Waals surface area (Å²) in [7, 11) is 0. The molecule has 0 unspecified atom stereocenters. The Balaban J connectivity index is 2.44. The molecular formula is C11H13F3N4O2. The Bertz CT molecular complexity index is 485. The van der Waals surface area contributed by atoms with E-state index in [0.29, 0.717) is 11.1 Å². The van der Waals surface area contributed by atoms with Crippen molar-refractivity contribution in [3.63, 3.8) is 0 Å². The van der Waals surface area contributed by atoms with Crippen LogP contribution in [-0.2, 0) is 6.54 Å². The Morgan fingerprint density at radius 1 is 1.25 bits per heavy atom. The van der Waals surface area contributed by atoms with Crippen molar-refractivity contribution in [1.82, 2.24) is 10.6 Å². The summed E-state index contributed by atoms with van der Waals surface area (Å²) in [5.41, 5.74) is 6.50. The summed E-state index contributed by atoms with van der Waals surface area (Å²) in [6.07, 6.45) is -4.44. The second kappa shape index (κ2) is 6.64. The number of hydrogen-bond acceptors (Lipinski definition) is 3. The normalized spacial score (nSPS) is 12.1. The molecule has 110 valence electrons. The number of carbonyl (C=O) groups is 1. The molecule has 5 N–H and O–H groups in total. The lowest BCUT2D eigenvalue weighted by Crippen LogP contribution is -2.40. The Kier molecular flexibility index (Phi) is 5.18. The number of alkyl halides is 3. The Labute approximate surface area is 112 Å². The zero-order valence-electron chi connectivity index (χ0n) is 10.2. The van der Waals surface area contributed by atoms with Crippen LogP contribution in [0.25, 0.3) is 0 Å². The zero-order chi connectivity index (χ0) is 15.2. The van der Waals surface area contributed by atoms with Gasteiger partial charge in [0.25, 0.3) is 0 Å². The molecule has 0 saturated heterocycles. The van der Waals surface area contributed by atoms with Crippen molar-refractivity contribution in [2.45, 2.75) is 12.7 Å². The van der Waals surface area contributed by atoms with Gasteiger partial charge in [-0.05, 0) is 5.56 Å². The average molecular weight is 290 g/mol. The largest absolute Gasteiger partial charge is 0.409 e. The quantitative estimate of drug-likeness (QED) is 0.289. The number of nitrogens with two attached hydrogens (primary N) is 1. The molecule has 1 aromatic rings. The van der Waals surface area contributed by atoms with Crippen LogP contribution < -0.4 is 16.4 Å². The van der Waals surface area contributed by atoms with Gasteiger partial charge in [0.15, 0.2) is 5.84 Å². The van der Waals surface area contributed by atoms with Crippen LogP contribution in [-0.4, -0.2) is 29.8 Å². The first-order valence-corrected chi connectivity index (χ1v) is 5.47. The van der Waals surface area contributed by atoms with E-state index in [-0.39, 0.29) is 12.4 Å². The number of nitrogens with zero attached hydrogens (tertiary/aromatic N) is 1. The summed E-state index contributed by atoms with van der Waals surface area (Å²) < 4.78 is 35.5. The molecule has 1 aromatic carbocycles. The van der Waals surface area contributed by atoms with Crippen molar-refractivity contribution in [3.05, 3.63) is 35.4 Å². The van der Waals surface area contributed by atoms with Gasteiger partial charge < -0.3 is 21.6 Å². The first-order chi connectivity index (χ1) is 9.31. The van der Waals surface area contributed by atoms with Gasteiger partial charge in [0.2, 0.25) is 0 Å². The molecular weight excluding hydrogens is 277 g/mol. The predicted molar refractivity (Wildman–Crippen MR) is 65.2 cm³/mol. The second-order valence-electron chi connectivity index (χ2n) is 3.83. The molecule has 20 heavy (non-hydrogen) atoms. The Morgan fingerprint density at radius 2 is 1.85 bits per heavy atom. The van der Waals surface area contributed by atoms with Crippen molar-refractivity contribution in [3.8, 4) is 0 Å². The highest BCUT2D eigenvalue weighted by Crippen LogP contribution is 2.12. The van der Waals surface area contributed by atoms with E-state index in [1.165, 1.54) is 0 Å². The molecule has 0 heterocycles. The number of rotatable bonds is 4. The molecule has 0 aliphatic heterocycles. The van der Waals surface area contributed by atoms with E-state index in [0.717, 1.165) is 0 Å². The molecule has 0 spiro atoms. The number of benzene rings is 1. The van der Waals surface area contributed by atoms with Gasteiger partial charge >= 0.3 is 12.2 Å². The number of oxime groups is 1. The summed E-state index contributed by atoms with van der Waals surface area (Å²) >= 11 is 0. The van der Waals surface area contributed by atoms with Gasteiger partial charge in [-0.3, -0.25) is 0 Å². The summed E-state index contributed by atoms with van der Waals surface area (Å²) in [6, 6.07) is 5.39. The van der Waals surface area contributed by atoms with Gasteiger partial charge in [0.1, 0.15) is 6.54 Å². The highest BCUT2D eigenvalue weighted by Gasteiger charge is 2.27. The maximum atomic E-state index is 11.8. The van der Waals surface area contributed by atoms with Crippen molar-refractivity contribution >= 4 is 11.9 Å². The molecule has 0 atom stereocenters. The van der Waals surface area contributed by atoms with E-state index in [1.54, 1.807) is 29.6 Å². The summed E-state index contributed by atoms with van der Waals surface area (Å²) in [5.74, 6) is -0.0626. The number of amidine groups is 1. The van der Waals surface area contributed by atoms with Gasteiger partial charge in [-0.15, -0.1) is 0 Å². The Hall–Kier alpha value is -2.45. The van der Waals surface area contributed by atoms with Crippen LogP contribution in [0.4, 0.5) is 18.0 Å². The molecule has 0 bridgehead atoms. The van der Waals surface area contributed by atoms with Crippen molar-refractivity contribution in [1.29, 1.82) is 0 Å². The topological polar surface area (TPSA) is 99.7 Å². The lowest BCUT2D eigenvalue weighted by atomic mass is 10.1. The molecule has 9 heteroatoms. The lowest BCUT2D eigenvalue weighted by Gasteiger charge is -2.10. The molecule has 0 radical (unpaired) electrons. The summed E-state index contributed by atoms with van der Waals surface area (Å²) in [4.78, 5) is 11.1. The van der Waals surface area contributed by atoms with Gasteiger partial charge in [0.05, 0.1) is 0 Å². The van der Waals surface area contributed by atoms with Gasteiger partial charge in [0, 0.05) is 12.1 Å². The van der Waals surface area contributed by atoms with E-state index in [9.17, 15) is 18.0 Å². The minimum absolute atomic E-state index is 0.0557. The molecule has 0 aliphatic carbocycles. The number of halogens is 3. The van der Waals surface area contributed by atoms with Crippen molar-refractivity contribution in [2.75, 3.05) is 6.54 Å². The second-order valence-corrected chi connectivity index (χ2v) is 3.83. The number of carbonyl (C=O) groups excluding carboxylic acids is 1. The molecule has 6 nitrogen and oxygen atoms in total. The number of amides is 2. The third-order valence-corrected chi connectivity index (χ3v) is 2.26. The maximum absolute atomic E-state index is 11.8. The molecule has 2 amide bonds. The molecule has 0 aliphatic rings. The van der Waals surface area contributed by atoms with Crippen LogP contribution in [0, 0.1) is 0 Å². The fourth-order valence-corrected chi connectivity index (χ4v) is 1.28. The highest BCUT2D eigenvalue weighted by molar-refractivity contribution is 5.96. The van der Waals surface area contributed by atoms with Crippen molar-refractivity contribution < 1.29 is 23.2 Å². The summed E-state index contributed by atoms with van der Waals surface area (Å²) in [6.45, 7) is -1.33. The number of urea groups is 1. The third kappa shape index (κ3) is 5.46. The molecule has 0 fully saturated rings. The molecule has 1 rings (SSSR count). The highest BCUT2D eigenvalue weighted by atomic mass is 19.4. The monoisotopic (exact) mass is 290 g/mol. The summed E-state index contributed by atoms with van der Waals surface area (Å²) in [5, 5.41) is 15.2. The predicted octanol–water partition coefficient (Wildman–Crippen LogP) is 1.14. The van der Waals surface area contributed by atoms with Gasteiger partial charge in [-0.2, -0.15) is 13.2 Å². The number of hydrogen-bond donors (Lipinski definition) is 4. The Morgan fingerprint density at radius 3 is 2.35 bits per heavy atom. The van der Waals surface area contributed by atoms with Crippen LogP contribution in [0.2, 0.25) is 0 Å². The number of nitrogens with one attached hydrogen (secondary N) is 2. The minimum atomic E-state index is -4.44. The SMILES string of the molecule is N/C(=N/O)c1ccc(CNC(=O)NCC(F)(F)F)cc1. The van der Waals surface area contributed by atoms with Gasteiger partial charge in [-0.25, -0.2) is 4.79 Å². The average Bonchev–Trinajstić information content (AvgIpc) is 2.41. The third-order valence-electron chi connectivity index (χ3n) is 2.26. The fourth-order valence-electron chi connectivity index (χ4n) is 1.28. The van der Waals surface area contributed by atoms with Crippen molar-refractivity contribution in [2.24, 2.45) is 10.9 Å². The standard InChI is InChI=1S/C11H13F3N4O2/c12-11(13,14)6-17-10(19)16-5-7-1-3-8(4-2-7)9(15)18-20/h1-4,20H,5-6H2,(H2,15,18)(H2,16,17,19). The van der Waals surface area contributed by atoms with E-state index in [4.69, 9.17) is 10.9 Å². The smallest absolute Gasteiger partial charge is 0.405 e. The fraction of sp³-hybridized carbons (Fsp3) is 0.273. The van der Waals surface area contributed by atoms with Crippen LogP contribution in [0.5, 0.6) is 0 Å². The first kappa shape index (κ1) is 15.6. The molecule has 0 saturated carbocycles. The van der Waals surface area contributed by atoms with Crippen LogP contribution in [0.15, 0.2) is 29.4 Å². The van der Waals surface area contributed by atoms with E-state index in [1.807, 2.05) is 0 Å². The maximum Gasteiger partial charge on any atom is 0.405 e.